The minimum atomic E-state index is -3.56. The molecule has 0 N–H and O–H groups in total. The molecule has 1 aromatic carbocycles. The van der Waals surface area contributed by atoms with Gasteiger partial charge in [-0.2, -0.15) is 9.40 Å². The fourth-order valence-electron chi connectivity index (χ4n) is 2.84. The van der Waals surface area contributed by atoms with Gasteiger partial charge in [-0.3, -0.25) is 0 Å². The predicted molar refractivity (Wildman–Crippen MR) is 99.2 cm³/mol. The van der Waals surface area contributed by atoms with Crippen molar-refractivity contribution >= 4 is 21.5 Å². The summed E-state index contributed by atoms with van der Waals surface area (Å²) in [5.74, 6) is -0.0943. The highest BCUT2D eigenvalue weighted by atomic mass is 32.2. The lowest BCUT2D eigenvalue weighted by Crippen LogP contribution is -2.49. The number of aromatic nitrogens is 2. The predicted octanol–water partition coefficient (Wildman–Crippen LogP) is 1.33. The third-order valence-electron chi connectivity index (χ3n) is 4.40. The minimum absolute atomic E-state index is 0.194. The van der Waals surface area contributed by atoms with Crippen LogP contribution in [0.3, 0.4) is 0 Å². The van der Waals surface area contributed by atoms with Crippen molar-refractivity contribution in [2.45, 2.75) is 5.75 Å². The van der Waals surface area contributed by atoms with E-state index in [1.54, 1.807) is 18.3 Å². The number of anilines is 2. The second-order valence-electron chi connectivity index (χ2n) is 6.40. The van der Waals surface area contributed by atoms with Gasteiger partial charge in [-0.1, -0.05) is 18.2 Å². The van der Waals surface area contributed by atoms with Gasteiger partial charge in [0.05, 0.1) is 17.6 Å². The summed E-state index contributed by atoms with van der Waals surface area (Å²) in [7, 11) is 0.286. The van der Waals surface area contributed by atoms with Gasteiger partial charge in [-0.25, -0.2) is 12.8 Å². The van der Waals surface area contributed by atoms with Crippen molar-refractivity contribution in [3.63, 3.8) is 0 Å². The van der Waals surface area contributed by atoms with Crippen LogP contribution in [0.4, 0.5) is 15.9 Å². The molecule has 1 fully saturated rings. The second-order valence-corrected chi connectivity index (χ2v) is 8.37. The summed E-state index contributed by atoms with van der Waals surface area (Å²) in [6.45, 7) is 1.71. The Bertz CT molecular complexity index is 867. The number of halogens is 1. The number of nitrogens with zero attached hydrogens (tertiary/aromatic N) is 5. The van der Waals surface area contributed by atoms with Gasteiger partial charge < -0.3 is 9.80 Å². The minimum Gasteiger partial charge on any atom is -0.376 e. The molecule has 1 aliphatic rings. The summed E-state index contributed by atoms with van der Waals surface area (Å²) in [5.41, 5.74) is 1.13. The van der Waals surface area contributed by atoms with E-state index in [9.17, 15) is 12.8 Å². The third-order valence-corrected chi connectivity index (χ3v) is 6.22. The van der Waals surface area contributed by atoms with Crippen LogP contribution in [0, 0.1) is 5.82 Å². The Morgan fingerprint density at radius 3 is 2.50 bits per heavy atom. The molecule has 0 aliphatic carbocycles. The molecule has 2 aromatic rings. The van der Waals surface area contributed by atoms with Crippen molar-refractivity contribution in [3.05, 3.63) is 47.9 Å². The topological polar surface area (TPSA) is 69.6 Å². The highest BCUT2D eigenvalue weighted by molar-refractivity contribution is 7.88. The van der Waals surface area contributed by atoms with Crippen LogP contribution >= 0.6 is 0 Å². The zero-order valence-corrected chi connectivity index (χ0v) is 15.7. The van der Waals surface area contributed by atoms with Gasteiger partial charge in [0.25, 0.3) is 0 Å². The van der Waals surface area contributed by atoms with Crippen LogP contribution in [-0.4, -0.2) is 63.2 Å². The first-order valence-electron chi connectivity index (χ1n) is 8.33. The van der Waals surface area contributed by atoms with Gasteiger partial charge in [0, 0.05) is 51.9 Å². The smallest absolute Gasteiger partial charge is 0.218 e. The second kappa shape index (κ2) is 7.55. The van der Waals surface area contributed by atoms with E-state index in [2.05, 4.69) is 10.2 Å². The van der Waals surface area contributed by atoms with Crippen molar-refractivity contribution in [3.8, 4) is 0 Å². The Balaban J connectivity index is 1.66. The molecule has 0 atom stereocenters. The van der Waals surface area contributed by atoms with Crippen molar-refractivity contribution in [2.24, 2.45) is 0 Å². The maximum Gasteiger partial charge on any atom is 0.218 e. The molecule has 140 valence electrons. The highest BCUT2D eigenvalue weighted by Crippen LogP contribution is 2.21. The quantitative estimate of drug-likeness (QED) is 0.781. The van der Waals surface area contributed by atoms with Gasteiger partial charge in [-0.05, 0) is 6.07 Å². The molecule has 0 bridgehead atoms. The first-order chi connectivity index (χ1) is 12.4. The van der Waals surface area contributed by atoms with Gasteiger partial charge in [0.1, 0.15) is 5.82 Å². The fraction of sp³-hybridized carbons (Fsp3) is 0.412. The Morgan fingerprint density at radius 1 is 1.15 bits per heavy atom. The molecule has 0 spiro atoms. The molecule has 0 radical (unpaired) electrons. The van der Waals surface area contributed by atoms with Gasteiger partial charge in [-0.15, -0.1) is 5.10 Å². The van der Waals surface area contributed by atoms with Crippen LogP contribution in [0.5, 0.6) is 0 Å². The third kappa shape index (κ3) is 4.10. The molecule has 3 rings (SSSR count). The van der Waals surface area contributed by atoms with Crippen LogP contribution in [0.1, 0.15) is 5.56 Å². The largest absolute Gasteiger partial charge is 0.376 e. The maximum atomic E-state index is 13.8. The fourth-order valence-corrected chi connectivity index (χ4v) is 4.37. The summed E-state index contributed by atoms with van der Waals surface area (Å²) in [5, 5.41) is 8.15. The molecule has 1 aliphatic heterocycles. The Morgan fingerprint density at radius 2 is 1.85 bits per heavy atom. The van der Waals surface area contributed by atoms with Crippen molar-refractivity contribution in [1.29, 1.82) is 0 Å². The maximum absolute atomic E-state index is 13.8. The Labute approximate surface area is 153 Å². The number of benzene rings is 1. The molecule has 26 heavy (non-hydrogen) atoms. The molecule has 0 unspecified atom stereocenters. The zero-order valence-electron chi connectivity index (χ0n) is 14.8. The molecule has 1 saturated heterocycles. The summed E-state index contributed by atoms with van der Waals surface area (Å²) < 4.78 is 40.4. The monoisotopic (exact) mass is 379 g/mol. The molecule has 1 aromatic heterocycles. The van der Waals surface area contributed by atoms with E-state index in [-0.39, 0.29) is 11.3 Å². The average molecular weight is 379 g/mol. The van der Waals surface area contributed by atoms with Crippen molar-refractivity contribution in [1.82, 2.24) is 14.5 Å². The zero-order chi connectivity index (χ0) is 18.7. The first-order valence-corrected chi connectivity index (χ1v) is 9.94. The number of piperazine rings is 1. The SMILES string of the molecule is CN(C)c1cnnc(N2CCN(S(=O)(=O)Cc3ccccc3F)CC2)c1. The van der Waals surface area contributed by atoms with Crippen LogP contribution in [0.15, 0.2) is 36.5 Å². The number of sulfonamides is 1. The molecular weight excluding hydrogens is 357 g/mol. The summed E-state index contributed by atoms with van der Waals surface area (Å²) in [4.78, 5) is 3.95. The summed E-state index contributed by atoms with van der Waals surface area (Å²) in [6, 6.07) is 7.90. The van der Waals surface area contributed by atoms with Crippen LogP contribution < -0.4 is 9.80 Å². The standard InChI is InChI=1S/C17H22FN5O2S/c1-21(2)15-11-17(20-19-12-15)22-7-9-23(10-8-22)26(24,25)13-14-5-3-4-6-16(14)18/h3-6,11-12H,7-10,13H2,1-2H3. The van der Waals surface area contributed by atoms with Crippen LogP contribution in [0.25, 0.3) is 0 Å². The van der Waals surface area contributed by atoms with E-state index in [0.717, 1.165) is 11.5 Å². The lowest BCUT2D eigenvalue weighted by Gasteiger charge is -2.34. The van der Waals surface area contributed by atoms with E-state index in [1.165, 1.54) is 16.4 Å². The Kier molecular flexibility index (Phi) is 5.38. The summed E-state index contributed by atoms with van der Waals surface area (Å²) >= 11 is 0. The molecule has 2 heterocycles. The number of hydrogen-bond donors (Lipinski definition) is 0. The number of hydrogen-bond acceptors (Lipinski definition) is 6. The average Bonchev–Trinajstić information content (AvgIpc) is 2.64. The van der Waals surface area contributed by atoms with E-state index < -0.39 is 15.8 Å². The molecule has 0 amide bonds. The van der Waals surface area contributed by atoms with Gasteiger partial charge >= 0.3 is 0 Å². The van der Waals surface area contributed by atoms with Crippen molar-refractivity contribution in [2.75, 3.05) is 50.1 Å². The van der Waals surface area contributed by atoms with E-state index in [4.69, 9.17) is 0 Å². The summed E-state index contributed by atoms with van der Waals surface area (Å²) in [6.07, 6.45) is 1.68. The highest BCUT2D eigenvalue weighted by Gasteiger charge is 2.28. The lowest BCUT2D eigenvalue weighted by molar-refractivity contribution is 0.382. The normalized spacial score (nSPS) is 15.9. The lowest BCUT2D eigenvalue weighted by atomic mass is 10.2. The Hall–Kier alpha value is -2.26. The van der Waals surface area contributed by atoms with Crippen molar-refractivity contribution < 1.29 is 12.8 Å². The van der Waals surface area contributed by atoms with Crippen LogP contribution in [0.2, 0.25) is 0 Å². The molecule has 9 heteroatoms. The van der Waals surface area contributed by atoms with E-state index in [1.807, 2.05) is 30.0 Å². The molecule has 7 nitrogen and oxygen atoms in total. The number of rotatable bonds is 5. The molecule has 0 saturated carbocycles. The molecular formula is C17H22FN5O2S. The van der Waals surface area contributed by atoms with Gasteiger partial charge in [0.2, 0.25) is 10.0 Å². The van der Waals surface area contributed by atoms with E-state index >= 15 is 0 Å². The van der Waals surface area contributed by atoms with E-state index in [0.29, 0.717) is 26.2 Å². The van der Waals surface area contributed by atoms with Crippen LogP contribution in [-0.2, 0) is 15.8 Å². The first kappa shape index (κ1) is 18.5. The van der Waals surface area contributed by atoms with Gasteiger partial charge in [0.15, 0.2) is 5.82 Å².